The Balaban J connectivity index is 1.70. The second kappa shape index (κ2) is 10.8. The Labute approximate surface area is 184 Å². The van der Waals surface area contributed by atoms with Crippen LogP contribution >= 0.6 is 0 Å². The Hall–Kier alpha value is -0.600. The largest absolute Gasteiger partial charge is 0.394 e. The maximum atomic E-state index is 10.9. The van der Waals surface area contributed by atoms with Crippen LogP contribution < -0.4 is 28.7 Å². The quantitative estimate of drug-likeness (QED) is 0.173. The lowest BCUT2D eigenvalue weighted by atomic mass is 9.96. The zero-order valence-electron chi connectivity index (χ0n) is 17.4. The molecule has 0 aromatic heterocycles. The topological polar surface area (TPSA) is 277 Å². The summed E-state index contributed by atoms with van der Waals surface area (Å²) in [7, 11) is 0. The highest BCUT2D eigenvalue weighted by Gasteiger charge is 2.50. The van der Waals surface area contributed by atoms with Crippen molar-refractivity contribution in [2.45, 2.75) is 92.4 Å². The number of aliphatic hydroxyl groups excluding tert-OH is 5. The third-order valence-corrected chi connectivity index (χ3v) is 5.99. The highest BCUT2D eigenvalue weighted by Crippen LogP contribution is 2.29. The van der Waals surface area contributed by atoms with Crippen LogP contribution in [0.3, 0.4) is 0 Å². The van der Waals surface area contributed by atoms with Crippen LogP contribution in [0.1, 0.15) is 6.42 Å². The number of nitrogens with two attached hydrogens (primary N) is 5. The second-order valence-electron chi connectivity index (χ2n) is 8.29. The van der Waals surface area contributed by atoms with E-state index in [4.69, 9.17) is 52.4 Å². The fourth-order valence-electron chi connectivity index (χ4n) is 4.02. The first-order chi connectivity index (χ1) is 15.1. The van der Waals surface area contributed by atoms with Gasteiger partial charge in [0.1, 0.15) is 49.1 Å². The van der Waals surface area contributed by atoms with Gasteiger partial charge in [0.05, 0.1) is 30.9 Å². The Morgan fingerprint density at radius 3 is 1.88 bits per heavy atom. The summed E-state index contributed by atoms with van der Waals surface area (Å²) in [6.07, 6.45) is -14.4. The molecule has 0 amide bonds. The highest BCUT2D eigenvalue weighted by molar-refractivity contribution is 4.96. The van der Waals surface area contributed by atoms with E-state index >= 15 is 0 Å². The lowest BCUT2D eigenvalue weighted by Gasteiger charge is -2.47. The van der Waals surface area contributed by atoms with E-state index in [1.54, 1.807) is 0 Å². The van der Waals surface area contributed by atoms with Crippen LogP contribution in [0.2, 0.25) is 0 Å². The predicted octanol–water partition coefficient (Wildman–Crippen LogP) is -6.75. The van der Waals surface area contributed by atoms with E-state index in [1.807, 2.05) is 0 Å². The molecular weight excluding hydrogens is 434 g/mol. The van der Waals surface area contributed by atoms with Gasteiger partial charge < -0.3 is 77.9 Å². The van der Waals surface area contributed by atoms with E-state index in [1.165, 1.54) is 0 Å². The SMILES string of the molecule is NCC1O[C@H](O[C@@H]2C(N)O[C@@H](N)[C@@H](OC3O[C@H](CO)[C@@H](O)C(N)[C@H]3O)C2O)[C@@H](N)C[C@@H]1O. The summed E-state index contributed by atoms with van der Waals surface area (Å²) in [5.41, 5.74) is 29.2. The number of ether oxygens (including phenoxy) is 5. The molecule has 3 fully saturated rings. The van der Waals surface area contributed by atoms with E-state index in [0.29, 0.717) is 0 Å². The first-order valence-electron chi connectivity index (χ1n) is 10.4. The van der Waals surface area contributed by atoms with Crippen LogP contribution in [0.25, 0.3) is 0 Å². The van der Waals surface area contributed by atoms with Gasteiger partial charge in [-0.1, -0.05) is 0 Å². The first-order valence-corrected chi connectivity index (χ1v) is 10.4. The van der Waals surface area contributed by atoms with Crippen molar-refractivity contribution in [3.63, 3.8) is 0 Å². The van der Waals surface area contributed by atoms with Gasteiger partial charge in [-0.2, -0.15) is 0 Å². The fourth-order valence-corrected chi connectivity index (χ4v) is 4.02. The molecule has 32 heavy (non-hydrogen) atoms. The smallest absolute Gasteiger partial charge is 0.186 e. The predicted molar refractivity (Wildman–Crippen MR) is 105 cm³/mol. The lowest BCUT2D eigenvalue weighted by Crippen LogP contribution is -2.69. The van der Waals surface area contributed by atoms with Crippen molar-refractivity contribution < 1.29 is 49.2 Å². The average Bonchev–Trinajstić information content (AvgIpc) is 2.75. The van der Waals surface area contributed by atoms with Gasteiger partial charge in [0.25, 0.3) is 0 Å². The third kappa shape index (κ3) is 5.22. The lowest BCUT2D eigenvalue weighted by molar-refractivity contribution is -0.343. The molecule has 3 rings (SSSR count). The summed E-state index contributed by atoms with van der Waals surface area (Å²) in [5, 5.41) is 50.5. The summed E-state index contributed by atoms with van der Waals surface area (Å²) in [6, 6.07) is -1.93. The zero-order chi connectivity index (χ0) is 23.7. The minimum absolute atomic E-state index is 0.0230. The molecule has 3 aliphatic heterocycles. The van der Waals surface area contributed by atoms with Gasteiger partial charge in [0, 0.05) is 6.54 Å². The molecule has 3 heterocycles. The van der Waals surface area contributed by atoms with Gasteiger partial charge in [-0.3, -0.25) is 0 Å². The van der Waals surface area contributed by atoms with Crippen LogP contribution in [0, 0.1) is 0 Å². The zero-order valence-corrected chi connectivity index (χ0v) is 17.4. The van der Waals surface area contributed by atoms with Crippen molar-refractivity contribution in [3.8, 4) is 0 Å². The van der Waals surface area contributed by atoms with E-state index in [9.17, 15) is 25.5 Å². The van der Waals surface area contributed by atoms with Crippen LogP contribution in [0.4, 0.5) is 0 Å². The van der Waals surface area contributed by atoms with E-state index in [2.05, 4.69) is 0 Å². The Morgan fingerprint density at radius 2 is 1.31 bits per heavy atom. The molecule has 15 heteroatoms. The van der Waals surface area contributed by atoms with Gasteiger partial charge in [-0.05, 0) is 6.42 Å². The molecule has 15 nitrogen and oxygen atoms in total. The molecule has 0 aromatic rings. The Kier molecular flexibility index (Phi) is 8.75. The van der Waals surface area contributed by atoms with E-state index in [0.717, 1.165) is 0 Å². The molecule has 188 valence electrons. The van der Waals surface area contributed by atoms with Crippen LogP contribution in [-0.4, -0.2) is 125 Å². The highest BCUT2D eigenvalue weighted by atomic mass is 16.7. The van der Waals surface area contributed by atoms with Gasteiger partial charge in [-0.25, -0.2) is 0 Å². The Bertz CT molecular complexity index is 608. The minimum Gasteiger partial charge on any atom is -0.394 e. The van der Waals surface area contributed by atoms with Crippen LogP contribution in [0.5, 0.6) is 0 Å². The molecule has 14 atom stereocenters. The molecule has 3 saturated heterocycles. The summed E-state index contributed by atoms with van der Waals surface area (Å²) < 4.78 is 27.8. The molecule has 0 spiro atoms. The third-order valence-electron chi connectivity index (χ3n) is 5.99. The summed E-state index contributed by atoms with van der Waals surface area (Å²) in [4.78, 5) is 0. The Morgan fingerprint density at radius 1 is 0.750 bits per heavy atom. The summed E-state index contributed by atoms with van der Waals surface area (Å²) in [5.74, 6) is 0. The molecule has 15 N–H and O–H groups in total. The molecule has 0 aliphatic carbocycles. The first kappa shape index (κ1) is 26.0. The number of hydrogen-bond acceptors (Lipinski definition) is 15. The van der Waals surface area contributed by atoms with Crippen LogP contribution in [0.15, 0.2) is 0 Å². The van der Waals surface area contributed by atoms with Gasteiger partial charge in [0.15, 0.2) is 12.6 Å². The van der Waals surface area contributed by atoms with Gasteiger partial charge in [-0.15, -0.1) is 0 Å². The summed E-state index contributed by atoms with van der Waals surface area (Å²) in [6.45, 7) is -0.561. The monoisotopic (exact) mass is 469 g/mol. The standard InChI is InChI=1S/C17H35N5O10/c18-2-6-5(24)1-4(19)16(28-6)30-12-11(27)13(15(22)32-14(12)21)31-17-10(26)8(20)9(25)7(3-23)29-17/h4-17,23-27H,1-3,18-22H2/t4-,5-,6?,7+,8?,9+,10+,11?,12-,13-,14?,15+,16+,17?/m0/s1. The van der Waals surface area contributed by atoms with Crippen molar-refractivity contribution in [2.75, 3.05) is 13.2 Å². The van der Waals surface area contributed by atoms with E-state index in [-0.39, 0.29) is 13.0 Å². The summed E-state index contributed by atoms with van der Waals surface area (Å²) >= 11 is 0. The molecule has 5 unspecified atom stereocenters. The van der Waals surface area contributed by atoms with Crippen molar-refractivity contribution in [3.05, 3.63) is 0 Å². The molecule has 0 saturated carbocycles. The van der Waals surface area contributed by atoms with E-state index < -0.39 is 92.6 Å². The normalized spacial score (nSPS) is 52.7. The number of hydrogen-bond donors (Lipinski definition) is 10. The molecule has 0 radical (unpaired) electrons. The van der Waals surface area contributed by atoms with Crippen molar-refractivity contribution in [2.24, 2.45) is 28.7 Å². The maximum absolute atomic E-state index is 10.9. The average molecular weight is 469 g/mol. The number of aliphatic hydroxyl groups is 5. The minimum atomic E-state index is -1.50. The van der Waals surface area contributed by atoms with Gasteiger partial charge in [0.2, 0.25) is 0 Å². The van der Waals surface area contributed by atoms with Crippen molar-refractivity contribution in [1.82, 2.24) is 0 Å². The fraction of sp³-hybridized carbons (Fsp3) is 1.00. The molecular formula is C17H35N5O10. The van der Waals surface area contributed by atoms with Crippen LogP contribution in [-0.2, 0) is 23.7 Å². The number of rotatable bonds is 6. The second-order valence-corrected chi connectivity index (χ2v) is 8.29. The molecule has 0 bridgehead atoms. The van der Waals surface area contributed by atoms with Gasteiger partial charge >= 0.3 is 0 Å². The molecule has 0 aromatic carbocycles. The maximum Gasteiger partial charge on any atom is 0.186 e. The molecule has 3 aliphatic rings. The van der Waals surface area contributed by atoms with Crippen molar-refractivity contribution in [1.29, 1.82) is 0 Å². The van der Waals surface area contributed by atoms with Crippen molar-refractivity contribution >= 4 is 0 Å².